The van der Waals surface area contributed by atoms with Crippen LogP contribution in [0.15, 0.2) is 0 Å². The van der Waals surface area contributed by atoms with Crippen LogP contribution in [0, 0.1) is 5.92 Å². The Morgan fingerprint density at radius 3 is 2.50 bits per heavy atom. The number of amides is 1. The van der Waals surface area contributed by atoms with Crippen LogP contribution in [-0.2, 0) is 4.79 Å². The summed E-state index contributed by atoms with van der Waals surface area (Å²) in [6, 6.07) is 0.280. The highest BCUT2D eigenvalue weighted by Crippen LogP contribution is 2.24. The van der Waals surface area contributed by atoms with E-state index in [-0.39, 0.29) is 24.5 Å². The van der Waals surface area contributed by atoms with Gasteiger partial charge >= 0.3 is 0 Å². The highest BCUT2D eigenvalue weighted by Gasteiger charge is 2.26. The van der Waals surface area contributed by atoms with Crippen LogP contribution in [0.4, 0.5) is 0 Å². The molecule has 1 rings (SSSR count). The average molecular weight is 200 g/mol. The third-order valence-corrected chi connectivity index (χ3v) is 2.93. The fourth-order valence-corrected chi connectivity index (χ4v) is 1.94. The summed E-state index contributed by atoms with van der Waals surface area (Å²) in [7, 11) is 1.74. The van der Waals surface area contributed by atoms with Gasteiger partial charge in [-0.15, -0.1) is 0 Å². The molecule has 0 heterocycles. The predicted molar refractivity (Wildman–Crippen MR) is 54.7 cm³/mol. The zero-order valence-electron chi connectivity index (χ0n) is 8.78. The second-order valence-corrected chi connectivity index (χ2v) is 4.10. The summed E-state index contributed by atoms with van der Waals surface area (Å²) < 4.78 is 0. The number of aliphatic hydroxyl groups excluding tert-OH is 1. The monoisotopic (exact) mass is 200 g/mol. The molecule has 0 radical (unpaired) electrons. The van der Waals surface area contributed by atoms with Gasteiger partial charge in [0.15, 0.2) is 0 Å². The lowest BCUT2D eigenvalue weighted by Crippen LogP contribution is -2.38. The van der Waals surface area contributed by atoms with E-state index in [1.807, 2.05) is 0 Å². The van der Waals surface area contributed by atoms with Gasteiger partial charge in [-0.1, -0.05) is 0 Å². The van der Waals surface area contributed by atoms with Crippen molar-refractivity contribution in [2.24, 2.45) is 11.7 Å². The molecule has 82 valence electrons. The minimum Gasteiger partial charge on any atom is -0.395 e. The fourth-order valence-electron chi connectivity index (χ4n) is 1.94. The molecule has 1 fully saturated rings. The first-order valence-corrected chi connectivity index (χ1v) is 5.26. The molecule has 3 N–H and O–H groups in total. The topological polar surface area (TPSA) is 66.6 Å². The molecule has 0 aromatic heterocycles. The predicted octanol–water partition coefficient (Wildman–Crippen LogP) is -0.0454. The standard InChI is InChI=1S/C10H20N2O2/c1-12(6-7-13)10(14)8-2-4-9(11)5-3-8/h8-9,13H,2-7,11H2,1H3. The van der Waals surface area contributed by atoms with Crippen LogP contribution in [0.5, 0.6) is 0 Å². The zero-order chi connectivity index (χ0) is 10.6. The average Bonchev–Trinajstić information content (AvgIpc) is 2.18. The number of hydrogen-bond donors (Lipinski definition) is 2. The minimum absolute atomic E-state index is 0.0362. The highest BCUT2D eigenvalue weighted by molar-refractivity contribution is 5.78. The lowest BCUT2D eigenvalue weighted by atomic mass is 9.85. The molecule has 1 amide bonds. The quantitative estimate of drug-likeness (QED) is 0.671. The van der Waals surface area contributed by atoms with E-state index in [1.165, 1.54) is 0 Å². The summed E-state index contributed by atoms with van der Waals surface area (Å²) in [4.78, 5) is 13.4. The van der Waals surface area contributed by atoms with E-state index in [2.05, 4.69) is 0 Å². The van der Waals surface area contributed by atoms with Gasteiger partial charge in [-0.25, -0.2) is 0 Å². The van der Waals surface area contributed by atoms with E-state index < -0.39 is 0 Å². The molecule has 4 heteroatoms. The molecular weight excluding hydrogens is 180 g/mol. The van der Waals surface area contributed by atoms with E-state index in [1.54, 1.807) is 11.9 Å². The van der Waals surface area contributed by atoms with Gasteiger partial charge in [-0.05, 0) is 25.7 Å². The second-order valence-electron chi connectivity index (χ2n) is 4.10. The van der Waals surface area contributed by atoms with Crippen molar-refractivity contribution in [3.8, 4) is 0 Å². The van der Waals surface area contributed by atoms with Crippen LogP contribution in [0.2, 0.25) is 0 Å². The summed E-state index contributed by atoms with van der Waals surface area (Å²) in [6.45, 7) is 0.468. The van der Waals surface area contributed by atoms with Crippen LogP contribution in [0.3, 0.4) is 0 Å². The van der Waals surface area contributed by atoms with Gasteiger partial charge < -0.3 is 15.7 Å². The number of rotatable bonds is 3. The van der Waals surface area contributed by atoms with Crippen molar-refractivity contribution >= 4 is 5.91 Å². The summed E-state index contributed by atoms with van der Waals surface area (Å²) in [5.41, 5.74) is 5.77. The van der Waals surface area contributed by atoms with Gasteiger partial charge in [-0.2, -0.15) is 0 Å². The molecule has 0 atom stereocenters. The minimum atomic E-state index is 0.0362. The number of nitrogens with two attached hydrogens (primary N) is 1. The second kappa shape index (κ2) is 5.32. The number of carbonyl (C=O) groups excluding carboxylic acids is 1. The molecular formula is C10H20N2O2. The number of hydrogen-bond acceptors (Lipinski definition) is 3. The fraction of sp³-hybridized carbons (Fsp3) is 0.900. The summed E-state index contributed by atoms with van der Waals surface area (Å²) in [5.74, 6) is 0.289. The van der Waals surface area contributed by atoms with Crippen molar-refractivity contribution in [3.05, 3.63) is 0 Å². The van der Waals surface area contributed by atoms with Crippen molar-refractivity contribution in [3.63, 3.8) is 0 Å². The highest BCUT2D eigenvalue weighted by atomic mass is 16.3. The molecule has 0 spiro atoms. The maximum atomic E-state index is 11.8. The normalized spacial score (nSPS) is 27.4. The molecule has 1 aliphatic carbocycles. The van der Waals surface area contributed by atoms with Crippen LogP contribution in [0.1, 0.15) is 25.7 Å². The van der Waals surface area contributed by atoms with Gasteiger partial charge in [0.25, 0.3) is 0 Å². The molecule has 1 aliphatic rings. The maximum Gasteiger partial charge on any atom is 0.225 e. The number of aliphatic hydroxyl groups is 1. The van der Waals surface area contributed by atoms with E-state index in [0.29, 0.717) is 6.54 Å². The van der Waals surface area contributed by atoms with Crippen molar-refractivity contribution < 1.29 is 9.90 Å². The molecule has 0 aliphatic heterocycles. The molecule has 4 nitrogen and oxygen atoms in total. The molecule has 0 bridgehead atoms. The van der Waals surface area contributed by atoms with Gasteiger partial charge in [0.05, 0.1) is 6.61 Å². The van der Waals surface area contributed by atoms with Crippen molar-refractivity contribution in [2.75, 3.05) is 20.2 Å². The first kappa shape index (κ1) is 11.5. The van der Waals surface area contributed by atoms with Crippen molar-refractivity contribution in [1.29, 1.82) is 0 Å². The Kier molecular flexibility index (Phi) is 4.35. The first-order chi connectivity index (χ1) is 6.65. The summed E-state index contributed by atoms with van der Waals surface area (Å²) >= 11 is 0. The third-order valence-electron chi connectivity index (χ3n) is 2.93. The van der Waals surface area contributed by atoms with Crippen LogP contribution in [-0.4, -0.2) is 42.2 Å². The maximum absolute atomic E-state index is 11.8. The molecule has 1 saturated carbocycles. The van der Waals surface area contributed by atoms with E-state index in [0.717, 1.165) is 25.7 Å². The number of likely N-dealkylation sites (N-methyl/N-ethyl adjacent to an activating group) is 1. The Morgan fingerprint density at radius 1 is 1.43 bits per heavy atom. The number of carbonyl (C=O) groups is 1. The molecule has 0 aromatic rings. The smallest absolute Gasteiger partial charge is 0.225 e. The lowest BCUT2D eigenvalue weighted by molar-refractivity contribution is -0.135. The van der Waals surface area contributed by atoms with Gasteiger partial charge in [0.2, 0.25) is 5.91 Å². The van der Waals surface area contributed by atoms with Crippen LogP contribution < -0.4 is 5.73 Å². The van der Waals surface area contributed by atoms with Gasteiger partial charge in [-0.3, -0.25) is 4.79 Å². The molecule has 0 unspecified atom stereocenters. The Hall–Kier alpha value is -0.610. The molecule has 14 heavy (non-hydrogen) atoms. The van der Waals surface area contributed by atoms with Crippen molar-refractivity contribution in [1.82, 2.24) is 4.90 Å². The van der Waals surface area contributed by atoms with E-state index in [9.17, 15) is 4.79 Å². The SMILES string of the molecule is CN(CCO)C(=O)C1CCC(N)CC1. The molecule has 0 aromatic carbocycles. The first-order valence-electron chi connectivity index (χ1n) is 5.26. The Balaban J connectivity index is 2.37. The van der Waals surface area contributed by atoms with E-state index in [4.69, 9.17) is 10.8 Å². The van der Waals surface area contributed by atoms with Crippen molar-refractivity contribution in [2.45, 2.75) is 31.7 Å². The van der Waals surface area contributed by atoms with Gasteiger partial charge in [0, 0.05) is 25.6 Å². The Bertz CT molecular complexity index is 189. The summed E-state index contributed by atoms with van der Waals surface area (Å²) in [6.07, 6.45) is 3.69. The summed E-state index contributed by atoms with van der Waals surface area (Å²) in [5, 5.41) is 8.71. The molecule has 0 saturated heterocycles. The number of nitrogens with zero attached hydrogens (tertiary/aromatic N) is 1. The van der Waals surface area contributed by atoms with Crippen LogP contribution >= 0.6 is 0 Å². The van der Waals surface area contributed by atoms with Gasteiger partial charge in [0.1, 0.15) is 0 Å². The third kappa shape index (κ3) is 2.96. The Morgan fingerprint density at radius 2 is 2.00 bits per heavy atom. The lowest BCUT2D eigenvalue weighted by Gasteiger charge is -2.28. The zero-order valence-corrected chi connectivity index (χ0v) is 8.78. The Labute approximate surface area is 85.1 Å². The largest absolute Gasteiger partial charge is 0.395 e. The van der Waals surface area contributed by atoms with E-state index >= 15 is 0 Å². The van der Waals surface area contributed by atoms with Crippen LogP contribution in [0.25, 0.3) is 0 Å².